The van der Waals surface area contributed by atoms with Crippen LogP contribution in [0.4, 0.5) is 5.69 Å². The smallest absolute Gasteiger partial charge is 0.262 e. The lowest BCUT2D eigenvalue weighted by Crippen LogP contribution is -2.20. The van der Waals surface area contributed by atoms with Crippen LogP contribution in [0.15, 0.2) is 72.8 Å². The number of para-hydroxylation sites is 1. The molecule has 4 rings (SSSR count). The van der Waals surface area contributed by atoms with Crippen LogP contribution in [-0.2, 0) is 4.79 Å². The molecule has 0 fully saturated rings. The summed E-state index contributed by atoms with van der Waals surface area (Å²) in [7, 11) is 0. The van der Waals surface area contributed by atoms with Crippen LogP contribution in [0.1, 0.15) is 31.7 Å². The Bertz CT molecular complexity index is 1140. The highest BCUT2D eigenvalue weighted by molar-refractivity contribution is 5.93. The van der Waals surface area contributed by atoms with Crippen molar-refractivity contribution >= 4 is 22.6 Å². The third-order valence-corrected chi connectivity index (χ3v) is 5.08. The van der Waals surface area contributed by atoms with Gasteiger partial charge >= 0.3 is 0 Å². The van der Waals surface area contributed by atoms with Gasteiger partial charge in [-0.15, -0.1) is 10.2 Å². The first-order chi connectivity index (χ1) is 14.6. The molecular weight excluding hydrogens is 376 g/mol. The number of nitrogens with zero attached hydrogens (tertiary/aromatic N) is 3. The lowest BCUT2D eigenvalue weighted by atomic mass is 9.99. The molecule has 4 aromatic rings. The summed E-state index contributed by atoms with van der Waals surface area (Å²) in [5.74, 6) is 0.964. The number of nitrogens with one attached hydrogen (secondary N) is 1. The fourth-order valence-corrected chi connectivity index (χ4v) is 3.14. The standard InChI is InChI=1S/C24H24N4O2/c1-3-17(2)18-9-12-21(13-10-18)30-16-24(29)25-19-11-14-22-23(15-19)27-28(26-22)20-7-5-4-6-8-20/h4-15,17H,3,16H2,1-2H3,(H,25,29). The van der Waals surface area contributed by atoms with Gasteiger partial charge in [0, 0.05) is 5.69 Å². The molecule has 1 unspecified atom stereocenters. The zero-order chi connectivity index (χ0) is 20.9. The van der Waals surface area contributed by atoms with Crippen molar-refractivity contribution in [3.63, 3.8) is 0 Å². The second-order valence-electron chi connectivity index (χ2n) is 7.24. The van der Waals surface area contributed by atoms with E-state index in [1.807, 2.05) is 66.7 Å². The quantitative estimate of drug-likeness (QED) is 0.476. The summed E-state index contributed by atoms with van der Waals surface area (Å²) in [6, 6.07) is 23.1. The van der Waals surface area contributed by atoms with Gasteiger partial charge in [-0.3, -0.25) is 4.79 Å². The lowest BCUT2D eigenvalue weighted by molar-refractivity contribution is -0.118. The largest absolute Gasteiger partial charge is 0.484 e. The van der Waals surface area contributed by atoms with E-state index >= 15 is 0 Å². The molecule has 1 heterocycles. The highest BCUT2D eigenvalue weighted by Crippen LogP contribution is 2.22. The molecule has 152 valence electrons. The average molecular weight is 400 g/mol. The Morgan fingerprint density at radius 3 is 2.47 bits per heavy atom. The SMILES string of the molecule is CCC(C)c1ccc(OCC(=O)Nc2ccc3nn(-c4ccccc4)nc3c2)cc1. The second-order valence-corrected chi connectivity index (χ2v) is 7.24. The number of hydrogen-bond donors (Lipinski definition) is 1. The summed E-state index contributed by atoms with van der Waals surface area (Å²) in [6.45, 7) is 4.30. The predicted octanol–water partition coefficient (Wildman–Crippen LogP) is 4.95. The monoisotopic (exact) mass is 400 g/mol. The summed E-state index contributed by atoms with van der Waals surface area (Å²) in [6.07, 6.45) is 1.09. The molecule has 0 radical (unpaired) electrons. The molecule has 0 aliphatic carbocycles. The van der Waals surface area contributed by atoms with Crippen molar-refractivity contribution in [3.05, 3.63) is 78.4 Å². The molecule has 0 aliphatic rings. The molecule has 1 N–H and O–H groups in total. The van der Waals surface area contributed by atoms with Crippen molar-refractivity contribution < 1.29 is 9.53 Å². The number of hydrogen-bond acceptors (Lipinski definition) is 4. The highest BCUT2D eigenvalue weighted by atomic mass is 16.5. The molecule has 1 amide bonds. The average Bonchev–Trinajstić information content (AvgIpc) is 3.21. The maximum atomic E-state index is 12.3. The normalized spacial score (nSPS) is 11.9. The second kappa shape index (κ2) is 8.78. The molecule has 0 aliphatic heterocycles. The molecule has 1 atom stereocenters. The van der Waals surface area contributed by atoms with Gasteiger partial charge in [0.15, 0.2) is 6.61 Å². The number of rotatable bonds is 7. The van der Waals surface area contributed by atoms with Crippen molar-refractivity contribution in [3.8, 4) is 11.4 Å². The van der Waals surface area contributed by atoms with Crippen LogP contribution >= 0.6 is 0 Å². The summed E-state index contributed by atoms with van der Waals surface area (Å²) < 4.78 is 5.61. The van der Waals surface area contributed by atoms with Crippen molar-refractivity contribution in [1.29, 1.82) is 0 Å². The van der Waals surface area contributed by atoms with Gasteiger partial charge in [0.05, 0.1) is 5.69 Å². The van der Waals surface area contributed by atoms with Gasteiger partial charge in [-0.25, -0.2) is 0 Å². The van der Waals surface area contributed by atoms with Crippen LogP contribution < -0.4 is 10.1 Å². The van der Waals surface area contributed by atoms with E-state index in [9.17, 15) is 4.79 Å². The van der Waals surface area contributed by atoms with Gasteiger partial charge in [0.1, 0.15) is 16.8 Å². The first-order valence-corrected chi connectivity index (χ1v) is 10.1. The van der Waals surface area contributed by atoms with Crippen molar-refractivity contribution in [2.75, 3.05) is 11.9 Å². The first-order valence-electron chi connectivity index (χ1n) is 10.1. The van der Waals surface area contributed by atoms with Gasteiger partial charge in [0.2, 0.25) is 0 Å². The zero-order valence-electron chi connectivity index (χ0n) is 17.1. The highest BCUT2D eigenvalue weighted by Gasteiger charge is 2.09. The van der Waals surface area contributed by atoms with E-state index in [0.717, 1.165) is 17.6 Å². The van der Waals surface area contributed by atoms with Crippen LogP contribution in [0.3, 0.4) is 0 Å². The molecule has 0 bridgehead atoms. The molecule has 30 heavy (non-hydrogen) atoms. The van der Waals surface area contributed by atoms with Gasteiger partial charge in [-0.1, -0.05) is 44.2 Å². The number of benzene rings is 3. The Morgan fingerprint density at radius 2 is 1.73 bits per heavy atom. The van der Waals surface area contributed by atoms with E-state index in [1.54, 1.807) is 10.9 Å². The van der Waals surface area contributed by atoms with E-state index in [4.69, 9.17) is 4.74 Å². The molecule has 1 aromatic heterocycles. The number of aromatic nitrogens is 3. The fourth-order valence-electron chi connectivity index (χ4n) is 3.14. The summed E-state index contributed by atoms with van der Waals surface area (Å²) in [5.41, 5.74) is 4.27. The Labute approximate surface area is 175 Å². The lowest BCUT2D eigenvalue weighted by Gasteiger charge is -2.11. The Balaban J connectivity index is 1.38. The summed E-state index contributed by atoms with van der Waals surface area (Å²) in [4.78, 5) is 13.9. The van der Waals surface area contributed by atoms with Crippen LogP contribution in [0, 0.1) is 0 Å². The van der Waals surface area contributed by atoms with E-state index < -0.39 is 0 Å². The van der Waals surface area contributed by atoms with Crippen LogP contribution in [0.5, 0.6) is 5.75 Å². The van der Waals surface area contributed by atoms with Crippen LogP contribution in [0.25, 0.3) is 16.7 Å². The minimum atomic E-state index is -0.226. The zero-order valence-corrected chi connectivity index (χ0v) is 17.1. The van der Waals surface area contributed by atoms with E-state index in [0.29, 0.717) is 22.9 Å². The number of fused-ring (bicyclic) bond motifs is 1. The maximum absolute atomic E-state index is 12.3. The van der Waals surface area contributed by atoms with Gasteiger partial charge in [-0.2, -0.15) is 4.80 Å². The first kappa shape index (κ1) is 19.6. The number of amides is 1. The molecule has 3 aromatic carbocycles. The Morgan fingerprint density at radius 1 is 1.00 bits per heavy atom. The topological polar surface area (TPSA) is 69.0 Å². The number of carbonyl (C=O) groups is 1. The van der Waals surface area contributed by atoms with Crippen molar-refractivity contribution in [2.45, 2.75) is 26.2 Å². The molecule has 0 spiro atoms. The van der Waals surface area contributed by atoms with Crippen molar-refractivity contribution in [1.82, 2.24) is 15.0 Å². The fraction of sp³-hybridized carbons (Fsp3) is 0.208. The third-order valence-electron chi connectivity index (χ3n) is 5.08. The third kappa shape index (κ3) is 4.49. The maximum Gasteiger partial charge on any atom is 0.262 e. The van der Waals surface area contributed by atoms with Crippen LogP contribution in [0.2, 0.25) is 0 Å². The van der Waals surface area contributed by atoms with E-state index in [2.05, 4.69) is 29.4 Å². The Kier molecular flexibility index (Phi) is 5.75. The minimum Gasteiger partial charge on any atom is -0.484 e. The summed E-state index contributed by atoms with van der Waals surface area (Å²) >= 11 is 0. The molecular formula is C24H24N4O2. The molecule has 0 saturated heterocycles. The van der Waals surface area contributed by atoms with Crippen molar-refractivity contribution in [2.24, 2.45) is 0 Å². The summed E-state index contributed by atoms with van der Waals surface area (Å²) in [5, 5.41) is 11.8. The Hall–Kier alpha value is -3.67. The van der Waals surface area contributed by atoms with Crippen LogP contribution in [-0.4, -0.2) is 27.5 Å². The van der Waals surface area contributed by atoms with Gasteiger partial charge in [0.25, 0.3) is 5.91 Å². The van der Waals surface area contributed by atoms with E-state index in [-0.39, 0.29) is 12.5 Å². The minimum absolute atomic E-state index is 0.0581. The molecule has 6 nitrogen and oxygen atoms in total. The molecule has 6 heteroatoms. The number of ether oxygens (including phenoxy) is 1. The van der Waals surface area contributed by atoms with E-state index in [1.165, 1.54) is 5.56 Å². The molecule has 0 saturated carbocycles. The number of anilines is 1. The van der Waals surface area contributed by atoms with Gasteiger partial charge < -0.3 is 10.1 Å². The van der Waals surface area contributed by atoms with Gasteiger partial charge in [-0.05, 0) is 60.4 Å². The predicted molar refractivity (Wildman–Crippen MR) is 118 cm³/mol. The number of carbonyl (C=O) groups excluding carboxylic acids is 1.